The molecule has 0 aliphatic carbocycles. The Morgan fingerprint density at radius 3 is 2.38 bits per heavy atom. The molecule has 0 bridgehead atoms. The van der Waals surface area contributed by atoms with Crippen molar-refractivity contribution in [1.82, 2.24) is 15.1 Å². The van der Waals surface area contributed by atoms with Gasteiger partial charge in [0.05, 0.1) is 22.3 Å². The third-order valence-corrected chi connectivity index (χ3v) is 7.49. The van der Waals surface area contributed by atoms with Gasteiger partial charge in [-0.2, -0.15) is 13.2 Å². The first-order valence-electron chi connectivity index (χ1n) is 12.1. The van der Waals surface area contributed by atoms with Gasteiger partial charge in [0.25, 0.3) is 11.8 Å². The molecule has 3 heterocycles. The number of likely N-dealkylation sites (tertiary alicyclic amines) is 1. The summed E-state index contributed by atoms with van der Waals surface area (Å²) in [7, 11) is 0. The maximum absolute atomic E-state index is 13.4. The highest BCUT2D eigenvalue weighted by Gasteiger charge is 2.45. The minimum Gasteiger partial charge on any atom is -0.385 e. The summed E-state index contributed by atoms with van der Waals surface area (Å²) in [5, 5.41) is 14.0. The summed E-state index contributed by atoms with van der Waals surface area (Å²) in [5.74, 6) is -1.59. The SMILES string of the molecule is C=C1CCC(N2C(=O)c3ccc(C4(O)CCN(Cc5ccccc5C(F)(F)F)CC4)cc3C2=O)C(=O)N1. The molecule has 1 atom stereocenters. The molecule has 0 saturated carbocycles. The van der Waals surface area contributed by atoms with Crippen LogP contribution in [0.15, 0.2) is 54.7 Å². The van der Waals surface area contributed by atoms with Crippen LogP contribution in [0.1, 0.15) is 63.1 Å². The number of carbonyl (C=O) groups is 3. The molecule has 37 heavy (non-hydrogen) atoms. The number of allylic oxidation sites excluding steroid dienone is 1. The van der Waals surface area contributed by atoms with E-state index in [1.54, 1.807) is 12.1 Å². The van der Waals surface area contributed by atoms with Crippen molar-refractivity contribution in [1.29, 1.82) is 0 Å². The summed E-state index contributed by atoms with van der Waals surface area (Å²) in [6, 6.07) is 9.13. The molecule has 3 amide bonds. The summed E-state index contributed by atoms with van der Waals surface area (Å²) in [6.07, 6.45) is -3.20. The van der Waals surface area contributed by atoms with Crippen LogP contribution in [0.25, 0.3) is 0 Å². The molecular formula is C27H26F3N3O4. The normalized spacial score (nSPS) is 22.3. The molecule has 2 fully saturated rings. The number of fused-ring (bicyclic) bond motifs is 1. The molecule has 1 unspecified atom stereocenters. The largest absolute Gasteiger partial charge is 0.416 e. The average molecular weight is 514 g/mol. The second-order valence-electron chi connectivity index (χ2n) is 9.85. The molecule has 10 heteroatoms. The first-order chi connectivity index (χ1) is 17.5. The third-order valence-electron chi connectivity index (χ3n) is 7.49. The van der Waals surface area contributed by atoms with E-state index in [0.29, 0.717) is 37.2 Å². The molecule has 5 rings (SSSR count). The summed E-state index contributed by atoms with van der Waals surface area (Å²) < 4.78 is 40.1. The fourth-order valence-corrected chi connectivity index (χ4v) is 5.39. The van der Waals surface area contributed by atoms with Gasteiger partial charge in [-0.3, -0.25) is 24.2 Å². The van der Waals surface area contributed by atoms with Crippen molar-refractivity contribution < 1.29 is 32.7 Å². The first-order valence-corrected chi connectivity index (χ1v) is 12.1. The number of piperidine rings is 2. The van der Waals surface area contributed by atoms with E-state index in [-0.39, 0.29) is 36.1 Å². The second-order valence-corrected chi connectivity index (χ2v) is 9.85. The van der Waals surface area contributed by atoms with Gasteiger partial charge in [0, 0.05) is 25.3 Å². The van der Waals surface area contributed by atoms with Gasteiger partial charge in [0.15, 0.2) is 0 Å². The lowest BCUT2D eigenvalue weighted by Crippen LogP contribution is -2.51. The zero-order valence-electron chi connectivity index (χ0n) is 20.0. The first kappa shape index (κ1) is 25.2. The summed E-state index contributed by atoms with van der Waals surface area (Å²) in [4.78, 5) is 41.4. The standard InChI is InChI=1S/C27H26F3N3O4/c1-16-6-9-22(23(34)31-16)33-24(35)19-8-7-18(14-20(19)25(33)36)26(37)10-12-32(13-11-26)15-17-4-2-3-5-21(17)27(28,29)30/h2-5,7-8,14,22,37H,1,6,9-13,15H2,(H,31,34). The quantitative estimate of drug-likeness (QED) is 0.611. The molecule has 0 radical (unpaired) electrons. The number of aliphatic hydroxyl groups is 1. The second kappa shape index (κ2) is 9.11. The van der Waals surface area contributed by atoms with E-state index >= 15 is 0 Å². The fraction of sp³-hybridized carbons (Fsp3) is 0.370. The monoisotopic (exact) mass is 513 g/mol. The minimum atomic E-state index is -4.44. The van der Waals surface area contributed by atoms with Crippen molar-refractivity contribution in [3.8, 4) is 0 Å². The van der Waals surface area contributed by atoms with E-state index in [0.717, 1.165) is 11.0 Å². The zero-order chi connectivity index (χ0) is 26.5. The van der Waals surface area contributed by atoms with E-state index in [1.807, 2.05) is 4.90 Å². The number of halogens is 3. The Morgan fingerprint density at radius 1 is 1.03 bits per heavy atom. The van der Waals surface area contributed by atoms with Crippen LogP contribution in [0, 0.1) is 0 Å². The Morgan fingerprint density at radius 2 is 1.70 bits per heavy atom. The van der Waals surface area contributed by atoms with Gasteiger partial charge in [0.2, 0.25) is 5.91 Å². The van der Waals surface area contributed by atoms with Crippen LogP contribution < -0.4 is 5.32 Å². The summed E-state index contributed by atoms with van der Waals surface area (Å²) in [6.45, 7) is 4.53. The number of benzene rings is 2. The number of nitrogens with zero attached hydrogens (tertiary/aromatic N) is 2. The predicted molar refractivity (Wildman–Crippen MR) is 127 cm³/mol. The van der Waals surface area contributed by atoms with Gasteiger partial charge in [-0.05, 0) is 55.0 Å². The molecule has 194 valence electrons. The van der Waals surface area contributed by atoms with Gasteiger partial charge in [-0.1, -0.05) is 30.8 Å². The minimum absolute atomic E-state index is 0.105. The molecule has 3 aliphatic heterocycles. The van der Waals surface area contributed by atoms with Gasteiger partial charge in [-0.15, -0.1) is 0 Å². The summed E-state index contributed by atoms with van der Waals surface area (Å²) >= 11 is 0. The molecular weight excluding hydrogens is 487 g/mol. The topological polar surface area (TPSA) is 90.0 Å². The lowest BCUT2D eigenvalue weighted by Gasteiger charge is -2.39. The Hall–Kier alpha value is -3.50. The number of hydrogen-bond acceptors (Lipinski definition) is 5. The fourth-order valence-electron chi connectivity index (χ4n) is 5.39. The Bertz CT molecular complexity index is 1300. The van der Waals surface area contributed by atoms with Crippen molar-refractivity contribution in [2.24, 2.45) is 0 Å². The van der Waals surface area contributed by atoms with Crippen LogP contribution in [-0.2, 0) is 23.1 Å². The number of amides is 3. The highest BCUT2D eigenvalue weighted by molar-refractivity contribution is 6.23. The van der Waals surface area contributed by atoms with Crippen molar-refractivity contribution in [2.75, 3.05) is 13.1 Å². The highest BCUT2D eigenvalue weighted by atomic mass is 19.4. The smallest absolute Gasteiger partial charge is 0.385 e. The molecule has 2 saturated heterocycles. The maximum atomic E-state index is 13.4. The van der Waals surface area contributed by atoms with Crippen molar-refractivity contribution in [3.63, 3.8) is 0 Å². The molecule has 7 nitrogen and oxygen atoms in total. The number of hydrogen-bond donors (Lipinski definition) is 2. The van der Waals surface area contributed by atoms with Gasteiger partial charge < -0.3 is 10.4 Å². The maximum Gasteiger partial charge on any atom is 0.416 e. The average Bonchev–Trinajstić information content (AvgIpc) is 3.10. The van der Waals surface area contributed by atoms with Crippen molar-refractivity contribution >= 4 is 17.7 Å². The number of imide groups is 1. The number of carbonyl (C=O) groups excluding carboxylic acids is 3. The third kappa shape index (κ3) is 4.55. The number of rotatable bonds is 4. The van der Waals surface area contributed by atoms with Crippen LogP contribution >= 0.6 is 0 Å². The van der Waals surface area contributed by atoms with Gasteiger partial charge >= 0.3 is 6.18 Å². The molecule has 2 aromatic rings. The van der Waals surface area contributed by atoms with Crippen molar-refractivity contribution in [2.45, 2.75) is 50.0 Å². The van der Waals surface area contributed by atoms with Crippen LogP contribution in [0.3, 0.4) is 0 Å². The van der Waals surface area contributed by atoms with E-state index in [1.165, 1.54) is 24.3 Å². The predicted octanol–water partition coefficient (Wildman–Crippen LogP) is 3.58. The van der Waals surface area contributed by atoms with E-state index in [2.05, 4.69) is 11.9 Å². The van der Waals surface area contributed by atoms with E-state index in [9.17, 15) is 32.7 Å². The van der Waals surface area contributed by atoms with Crippen LogP contribution in [0.5, 0.6) is 0 Å². The van der Waals surface area contributed by atoms with Gasteiger partial charge in [-0.25, -0.2) is 0 Å². The summed E-state index contributed by atoms with van der Waals surface area (Å²) in [5.41, 5.74) is -0.478. The molecule has 0 aromatic heterocycles. The highest BCUT2D eigenvalue weighted by Crippen LogP contribution is 2.38. The molecule has 0 spiro atoms. The number of alkyl halides is 3. The lowest BCUT2D eigenvalue weighted by atomic mass is 9.83. The van der Waals surface area contributed by atoms with Gasteiger partial charge in [0.1, 0.15) is 6.04 Å². The van der Waals surface area contributed by atoms with Crippen LogP contribution in [0.4, 0.5) is 13.2 Å². The molecule has 2 aromatic carbocycles. The molecule has 2 N–H and O–H groups in total. The molecule has 3 aliphatic rings. The van der Waals surface area contributed by atoms with E-state index < -0.39 is 41.1 Å². The number of nitrogens with one attached hydrogen (secondary N) is 1. The zero-order valence-corrected chi connectivity index (χ0v) is 20.0. The van der Waals surface area contributed by atoms with Crippen LogP contribution in [0.2, 0.25) is 0 Å². The van der Waals surface area contributed by atoms with Crippen LogP contribution in [-0.4, -0.2) is 51.8 Å². The lowest BCUT2D eigenvalue weighted by molar-refractivity contribution is -0.138. The van der Waals surface area contributed by atoms with E-state index in [4.69, 9.17) is 0 Å². The van der Waals surface area contributed by atoms with Crippen molar-refractivity contribution in [3.05, 3.63) is 82.6 Å². The Labute approximate surface area is 211 Å². The Balaban J connectivity index is 1.31. The Kier molecular flexibility index (Phi) is 6.19.